The molecule has 0 spiro atoms. The van der Waals surface area contributed by atoms with Crippen LogP contribution in [0.1, 0.15) is 99.5 Å². The predicted octanol–water partition coefficient (Wildman–Crippen LogP) is 9.39. The van der Waals surface area contributed by atoms with Gasteiger partial charge in [-0.1, -0.05) is 76.6 Å². The first-order valence-electron chi connectivity index (χ1n) is 17.5. The first-order valence-corrected chi connectivity index (χ1v) is 17.9. The van der Waals surface area contributed by atoms with Crippen molar-refractivity contribution >= 4 is 17.3 Å². The summed E-state index contributed by atoms with van der Waals surface area (Å²) < 4.78 is 0. The van der Waals surface area contributed by atoms with E-state index in [1.807, 2.05) is 6.07 Å². The molecule has 3 aliphatic heterocycles. The van der Waals surface area contributed by atoms with Crippen LogP contribution < -0.4 is 4.90 Å². The summed E-state index contributed by atoms with van der Waals surface area (Å²) in [6.45, 7) is 24.9. The van der Waals surface area contributed by atoms with Crippen molar-refractivity contribution in [3.63, 3.8) is 0 Å². The highest BCUT2D eigenvalue weighted by atomic mass is 35.5. The molecule has 0 radical (unpaired) electrons. The Hall–Kier alpha value is -2.40. The summed E-state index contributed by atoms with van der Waals surface area (Å²) >= 11 is 6.63. The molecule has 3 aromatic rings. The minimum absolute atomic E-state index is 0.411. The maximum absolute atomic E-state index is 6.63. The van der Waals surface area contributed by atoms with Gasteiger partial charge in [0.2, 0.25) is 0 Å². The van der Waals surface area contributed by atoms with Crippen molar-refractivity contribution in [1.82, 2.24) is 14.8 Å². The van der Waals surface area contributed by atoms with E-state index in [1.54, 1.807) is 0 Å². The van der Waals surface area contributed by atoms with Crippen molar-refractivity contribution in [3.05, 3.63) is 80.6 Å². The van der Waals surface area contributed by atoms with Crippen molar-refractivity contribution in [2.75, 3.05) is 37.6 Å². The van der Waals surface area contributed by atoms with Crippen molar-refractivity contribution in [1.29, 1.82) is 0 Å². The second kappa shape index (κ2) is 13.0. The van der Waals surface area contributed by atoms with Crippen LogP contribution in [0.4, 0.5) is 5.69 Å². The van der Waals surface area contributed by atoms with Crippen LogP contribution in [0.5, 0.6) is 0 Å². The predicted molar refractivity (Wildman–Crippen MR) is 191 cm³/mol. The van der Waals surface area contributed by atoms with Crippen molar-refractivity contribution in [2.24, 2.45) is 10.8 Å². The molecule has 0 saturated carbocycles. The number of halogens is 1. The minimum atomic E-state index is 0.411. The quantitative estimate of drug-likeness (QED) is 0.261. The molecule has 242 valence electrons. The average Bonchev–Trinajstić information content (AvgIpc) is 3.00. The molecule has 4 nitrogen and oxygen atoms in total. The third-order valence-corrected chi connectivity index (χ3v) is 11.6. The minimum Gasteiger partial charge on any atom is -0.371 e. The monoisotopic (exact) mass is 626 g/mol. The number of anilines is 1. The van der Waals surface area contributed by atoms with E-state index >= 15 is 0 Å². The largest absolute Gasteiger partial charge is 0.371 e. The van der Waals surface area contributed by atoms with E-state index in [4.69, 9.17) is 16.6 Å². The number of nitrogens with zero attached hydrogens (tertiary/aromatic N) is 4. The summed E-state index contributed by atoms with van der Waals surface area (Å²) in [7, 11) is 0. The van der Waals surface area contributed by atoms with Gasteiger partial charge in [0.1, 0.15) is 0 Å². The Morgan fingerprint density at radius 3 is 2.13 bits per heavy atom. The molecule has 5 heteroatoms. The van der Waals surface area contributed by atoms with Gasteiger partial charge in [0.05, 0.1) is 11.4 Å². The molecule has 0 bridgehead atoms. The van der Waals surface area contributed by atoms with Gasteiger partial charge in [-0.25, -0.2) is 0 Å². The fourth-order valence-corrected chi connectivity index (χ4v) is 8.11. The number of aromatic nitrogens is 1. The van der Waals surface area contributed by atoms with Crippen LogP contribution in [0.3, 0.4) is 0 Å². The van der Waals surface area contributed by atoms with E-state index < -0.39 is 0 Å². The molecular formula is C40H55ClN4. The molecule has 0 unspecified atom stereocenters. The zero-order chi connectivity index (χ0) is 31.9. The molecule has 2 saturated heterocycles. The van der Waals surface area contributed by atoms with E-state index in [-0.39, 0.29) is 0 Å². The molecule has 2 fully saturated rings. The molecule has 0 aliphatic carbocycles. The standard InChI is InChI=1S/C40H55ClN4/c1-8-33-29(3)42-36(27-43-20-15-39(4,5)16-21-43)37(38(33)45-22-17-40(6,7)18-23-45)31-12-13-32-25-44(19-14-30(32)24-31)26-34-28(2)10-9-11-35(34)41/h9-13,24H,8,14-23,25-27H2,1-7H3. The summed E-state index contributed by atoms with van der Waals surface area (Å²) in [6, 6.07) is 13.6. The van der Waals surface area contributed by atoms with Crippen LogP contribution in [-0.2, 0) is 32.5 Å². The van der Waals surface area contributed by atoms with E-state index in [1.165, 1.54) is 81.7 Å². The first kappa shape index (κ1) is 32.5. The van der Waals surface area contributed by atoms with E-state index in [0.717, 1.165) is 70.2 Å². The number of aryl methyl sites for hydroxylation is 2. The van der Waals surface area contributed by atoms with Crippen molar-refractivity contribution < 1.29 is 0 Å². The maximum Gasteiger partial charge on any atom is 0.0646 e. The maximum atomic E-state index is 6.63. The number of pyridine rings is 1. The number of hydrogen-bond donors (Lipinski definition) is 0. The third kappa shape index (κ3) is 7.14. The Kier molecular flexibility index (Phi) is 9.41. The molecular weight excluding hydrogens is 572 g/mol. The zero-order valence-electron chi connectivity index (χ0n) is 29.0. The van der Waals surface area contributed by atoms with Crippen LogP contribution in [0.2, 0.25) is 5.02 Å². The molecule has 0 amide bonds. The highest BCUT2D eigenvalue weighted by Crippen LogP contribution is 2.43. The van der Waals surface area contributed by atoms with Gasteiger partial charge in [-0.05, 0) is 116 Å². The lowest BCUT2D eigenvalue weighted by molar-refractivity contribution is 0.126. The highest BCUT2D eigenvalue weighted by molar-refractivity contribution is 6.31. The van der Waals surface area contributed by atoms with Crippen LogP contribution in [-0.4, -0.2) is 47.5 Å². The molecule has 1 aromatic heterocycles. The summed E-state index contributed by atoms with van der Waals surface area (Å²) in [6.07, 6.45) is 7.06. The van der Waals surface area contributed by atoms with Crippen molar-refractivity contribution in [2.45, 2.75) is 107 Å². The summed E-state index contributed by atoms with van der Waals surface area (Å²) in [4.78, 5) is 13.4. The Morgan fingerprint density at radius 2 is 1.47 bits per heavy atom. The van der Waals surface area contributed by atoms with Crippen LogP contribution in [0.15, 0.2) is 36.4 Å². The van der Waals surface area contributed by atoms with Crippen molar-refractivity contribution in [3.8, 4) is 11.1 Å². The number of fused-ring (bicyclic) bond motifs is 1. The van der Waals surface area contributed by atoms with Gasteiger partial charge < -0.3 is 4.90 Å². The fourth-order valence-electron chi connectivity index (χ4n) is 7.83. The first-order chi connectivity index (χ1) is 21.4. The molecule has 0 N–H and O–H groups in total. The molecule has 2 aromatic carbocycles. The number of rotatable bonds is 7. The molecule has 45 heavy (non-hydrogen) atoms. The van der Waals surface area contributed by atoms with Gasteiger partial charge in [0.15, 0.2) is 0 Å². The normalized spacial score (nSPS) is 20.3. The molecule has 3 aliphatic rings. The zero-order valence-corrected chi connectivity index (χ0v) is 29.8. The second-order valence-corrected chi connectivity index (χ2v) is 16.2. The fraction of sp³-hybridized carbons (Fsp3) is 0.575. The van der Waals surface area contributed by atoms with E-state index in [9.17, 15) is 0 Å². The van der Waals surface area contributed by atoms with Gasteiger partial charge in [-0.3, -0.25) is 14.8 Å². The molecule has 0 atom stereocenters. The third-order valence-electron chi connectivity index (χ3n) is 11.2. The lowest BCUT2D eigenvalue weighted by Crippen LogP contribution is -2.39. The average molecular weight is 627 g/mol. The topological polar surface area (TPSA) is 22.6 Å². The van der Waals surface area contributed by atoms with E-state index in [0.29, 0.717) is 10.8 Å². The Labute approximate surface area is 278 Å². The summed E-state index contributed by atoms with van der Waals surface area (Å²) in [5, 5.41) is 0.883. The number of benzene rings is 2. The Morgan fingerprint density at radius 1 is 0.778 bits per heavy atom. The van der Waals surface area contributed by atoms with Gasteiger partial charge in [0.25, 0.3) is 0 Å². The van der Waals surface area contributed by atoms with Gasteiger partial charge in [0, 0.05) is 55.5 Å². The van der Waals surface area contributed by atoms with Gasteiger partial charge >= 0.3 is 0 Å². The van der Waals surface area contributed by atoms with Gasteiger partial charge in [-0.15, -0.1) is 0 Å². The van der Waals surface area contributed by atoms with Crippen LogP contribution in [0.25, 0.3) is 11.1 Å². The Balaban J connectivity index is 1.37. The van der Waals surface area contributed by atoms with Crippen LogP contribution in [0, 0.1) is 24.7 Å². The second-order valence-electron chi connectivity index (χ2n) is 15.8. The molecule has 6 rings (SSSR count). The number of likely N-dealkylation sites (tertiary alicyclic amines) is 1. The van der Waals surface area contributed by atoms with E-state index in [2.05, 4.69) is 93.5 Å². The summed E-state index contributed by atoms with van der Waals surface area (Å²) in [5.74, 6) is 0. The van der Waals surface area contributed by atoms with Crippen LogP contribution >= 0.6 is 11.6 Å². The Bertz CT molecular complexity index is 1500. The van der Waals surface area contributed by atoms with Gasteiger partial charge in [-0.2, -0.15) is 0 Å². The highest BCUT2D eigenvalue weighted by Gasteiger charge is 2.32. The SMILES string of the molecule is CCc1c(C)nc(CN2CCC(C)(C)CC2)c(-c2ccc3c(c2)CCN(Cc2c(C)cccc2Cl)C3)c1N1CCC(C)(C)CC1. The number of piperidine rings is 2. The smallest absolute Gasteiger partial charge is 0.0646 e. The summed E-state index contributed by atoms with van der Waals surface area (Å²) in [5.41, 5.74) is 14.5. The lowest BCUT2D eigenvalue weighted by atomic mass is 9.81. The molecule has 4 heterocycles. The lowest BCUT2D eigenvalue weighted by Gasteiger charge is -2.41. The number of hydrogen-bond acceptors (Lipinski definition) is 4.